The molecule has 0 aliphatic rings. The summed E-state index contributed by atoms with van der Waals surface area (Å²) in [4.78, 5) is 0. The first-order chi connectivity index (χ1) is 6.48. The van der Waals surface area contributed by atoms with Gasteiger partial charge in [0, 0.05) is 9.86 Å². The lowest BCUT2D eigenvalue weighted by molar-refractivity contribution is 0.368. The van der Waals surface area contributed by atoms with E-state index in [-0.39, 0.29) is 5.54 Å². The van der Waals surface area contributed by atoms with Gasteiger partial charge in [-0.3, -0.25) is 4.68 Å². The zero-order valence-corrected chi connectivity index (χ0v) is 10.2. The van der Waals surface area contributed by atoms with Crippen LogP contribution in [0.1, 0.15) is 20.8 Å². The van der Waals surface area contributed by atoms with E-state index >= 15 is 0 Å². The van der Waals surface area contributed by atoms with Crippen LogP contribution in [0.25, 0.3) is 10.9 Å². The fraction of sp³-hybridized carbons (Fsp3) is 0.364. The molecule has 2 aromatic rings. The van der Waals surface area contributed by atoms with Crippen molar-refractivity contribution in [1.82, 2.24) is 9.78 Å². The van der Waals surface area contributed by atoms with Crippen molar-refractivity contribution in [2.75, 3.05) is 0 Å². The minimum atomic E-state index is 0.0303. The molecule has 1 heterocycles. The average molecular weight is 253 g/mol. The number of aromatic nitrogens is 2. The van der Waals surface area contributed by atoms with E-state index in [0.717, 1.165) is 4.47 Å². The van der Waals surface area contributed by atoms with Gasteiger partial charge in [-0.1, -0.05) is 22.0 Å². The van der Waals surface area contributed by atoms with Crippen molar-refractivity contribution < 1.29 is 0 Å². The number of hydrogen-bond acceptors (Lipinski definition) is 1. The highest BCUT2D eigenvalue weighted by molar-refractivity contribution is 9.10. The monoisotopic (exact) mass is 252 g/mol. The van der Waals surface area contributed by atoms with Gasteiger partial charge in [-0.05, 0) is 32.9 Å². The molecule has 14 heavy (non-hydrogen) atoms. The van der Waals surface area contributed by atoms with Gasteiger partial charge in [-0.15, -0.1) is 0 Å². The molecular weight excluding hydrogens is 240 g/mol. The highest BCUT2D eigenvalue weighted by Crippen LogP contribution is 2.24. The molecule has 0 aliphatic heterocycles. The van der Waals surface area contributed by atoms with Gasteiger partial charge in [0.1, 0.15) is 0 Å². The van der Waals surface area contributed by atoms with Crippen LogP contribution in [0.5, 0.6) is 0 Å². The molecule has 0 saturated carbocycles. The first kappa shape index (κ1) is 9.71. The molecule has 3 heteroatoms. The van der Waals surface area contributed by atoms with E-state index in [4.69, 9.17) is 0 Å². The second-order valence-electron chi connectivity index (χ2n) is 4.43. The van der Waals surface area contributed by atoms with Crippen molar-refractivity contribution in [2.24, 2.45) is 0 Å². The predicted molar refractivity (Wildman–Crippen MR) is 62.4 cm³/mol. The number of benzene rings is 1. The van der Waals surface area contributed by atoms with Gasteiger partial charge in [0.15, 0.2) is 0 Å². The number of fused-ring (bicyclic) bond motifs is 1. The largest absolute Gasteiger partial charge is 0.260 e. The maximum absolute atomic E-state index is 4.40. The molecule has 0 bridgehead atoms. The number of rotatable bonds is 0. The zero-order valence-electron chi connectivity index (χ0n) is 8.58. The van der Waals surface area contributed by atoms with Crippen LogP contribution in [0.4, 0.5) is 0 Å². The molecule has 1 aromatic heterocycles. The third-order valence-corrected chi connectivity index (χ3v) is 2.66. The Kier molecular flexibility index (Phi) is 2.14. The first-order valence-electron chi connectivity index (χ1n) is 4.62. The molecule has 1 aromatic carbocycles. The van der Waals surface area contributed by atoms with Gasteiger partial charge >= 0.3 is 0 Å². The van der Waals surface area contributed by atoms with Crippen molar-refractivity contribution in [1.29, 1.82) is 0 Å². The molecule has 0 aliphatic carbocycles. The van der Waals surface area contributed by atoms with Crippen LogP contribution in [0, 0.1) is 0 Å². The Labute approximate surface area is 92.0 Å². The number of nitrogens with zero attached hydrogens (tertiary/aromatic N) is 2. The number of halogens is 1. The summed E-state index contributed by atoms with van der Waals surface area (Å²) < 4.78 is 3.14. The lowest BCUT2D eigenvalue weighted by Gasteiger charge is -2.20. The SMILES string of the molecule is CC(C)(C)n1ncc2ccc(Br)cc21. The molecule has 0 N–H and O–H groups in total. The van der Waals surface area contributed by atoms with Crippen LogP contribution in [0.2, 0.25) is 0 Å². The van der Waals surface area contributed by atoms with Crippen LogP contribution in [0.3, 0.4) is 0 Å². The number of hydrogen-bond donors (Lipinski definition) is 0. The van der Waals surface area contributed by atoms with Gasteiger partial charge < -0.3 is 0 Å². The van der Waals surface area contributed by atoms with Crippen LogP contribution in [0.15, 0.2) is 28.9 Å². The maximum Gasteiger partial charge on any atom is 0.0699 e. The van der Waals surface area contributed by atoms with Crippen LogP contribution >= 0.6 is 15.9 Å². The van der Waals surface area contributed by atoms with Gasteiger partial charge in [0.05, 0.1) is 17.3 Å². The van der Waals surface area contributed by atoms with E-state index in [9.17, 15) is 0 Å². The second kappa shape index (κ2) is 3.09. The summed E-state index contributed by atoms with van der Waals surface area (Å²) in [5.74, 6) is 0. The maximum atomic E-state index is 4.40. The average Bonchev–Trinajstić information content (AvgIpc) is 2.45. The van der Waals surface area contributed by atoms with E-state index in [1.807, 2.05) is 16.9 Å². The molecule has 0 radical (unpaired) electrons. The summed E-state index contributed by atoms with van der Waals surface area (Å²) in [6.45, 7) is 6.46. The second-order valence-corrected chi connectivity index (χ2v) is 5.35. The van der Waals surface area contributed by atoms with Crippen LogP contribution < -0.4 is 0 Å². The smallest absolute Gasteiger partial charge is 0.0699 e. The zero-order chi connectivity index (χ0) is 10.3. The first-order valence-corrected chi connectivity index (χ1v) is 5.41. The van der Waals surface area contributed by atoms with Gasteiger partial charge in [0.2, 0.25) is 0 Å². The lowest BCUT2D eigenvalue weighted by atomic mass is 10.1. The van der Waals surface area contributed by atoms with Crippen LogP contribution in [-0.4, -0.2) is 9.78 Å². The Balaban J connectivity index is 2.73. The third-order valence-electron chi connectivity index (χ3n) is 2.17. The topological polar surface area (TPSA) is 17.8 Å². The van der Waals surface area contributed by atoms with Gasteiger partial charge in [-0.25, -0.2) is 0 Å². The Hall–Kier alpha value is -0.830. The standard InChI is InChI=1S/C11H13BrN2/c1-11(2,3)14-10-6-9(12)5-4-8(10)7-13-14/h4-7H,1-3H3. The molecule has 74 valence electrons. The highest BCUT2D eigenvalue weighted by Gasteiger charge is 2.16. The van der Waals surface area contributed by atoms with Gasteiger partial charge in [-0.2, -0.15) is 5.10 Å². The summed E-state index contributed by atoms with van der Waals surface area (Å²) in [5.41, 5.74) is 1.20. The van der Waals surface area contributed by atoms with E-state index in [1.165, 1.54) is 10.9 Å². The predicted octanol–water partition coefficient (Wildman–Crippen LogP) is 3.55. The molecule has 0 atom stereocenters. The molecule has 0 unspecified atom stereocenters. The van der Waals surface area contributed by atoms with Crippen molar-refractivity contribution in [3.05, 3.63) is 28.9 Å². The lowest BCUT2D eigenvalue weighted by Crippen LogP contribution is -2.22. The van der Waals surface area contributed by atoms with Crippen molar-refractivity contribution in [2.45, 2.75) is 26.3 Å². The quantitative estimate of drug-likeness (QED) is 0.702. The van der Waals surface area contributed by atoms with E-state index < -0.39 is 0 Å². The Bertz CT molecular complexity index is 466. The normalized spacial score (nSPS) is 12.3. The Morgan fingerprint density at radius 2 is 2.00 bits per heavy atom. The third kappa shape index (κ3) is 1.57. The summed E-state index contributed by atoms with van der Waals surface area (Å²) >= 11 is 3.48. The Morgan fingerprint density at radius 1 is 1.29 bits per heavy atom. The molecule has 0 saturated heterocycles. The van der Waals surface area contributed by atoms with Crippen molar-refractivity contribution in [3.8, 4) is 0 Å². The van der Waals surface area contributed by atoms with E-state index in [1.54, 1.807) is 0 Å². The molecule has 0 spiro atoms. The summed E-state index contributed by atoms with van der Waals surface area (Å²) in [6, 6.07) is 6.22. The minimum Gasteiger partial charge on any atom is -0.260 e. The van der Waals surface area contributed by atoms with Crippen molar-refractivity contribution >= 4 is 26.8 Å². The summed E-state index contributed by atoms with van der Waals surface area (Å²) in [5, 5.41) is 5.59. The van der Waals surface area contributed by atoms with Crippen LogP contribution in [-0.2, 0) is 5.54 Å². The summed E-state index contributed by atoms with van der Waals surface area (Å²) in [6.07, 6.45) is 1.91. The minimum absolute atomic E-state index is 0.0303. The molecule has 0 fully saturated rings. The molecule has 2 rings (SSSR count). The van der Waals surface area contributed by atoms with E-state index in [0.29, 0.717) is 0 Å². The van der Waals surface area contributed by atoms with E-state index in [2.05, 4.69) is 53.9 Å². The highest BCUT2D eigenvalue weighted by atomic mass is 79.9. The summed E-state index contributed by atoms with van der Waals surface area (Å²) in [7, 11) is 0. The fourth-order valence-electron chi connectivity index (χ4n) is 1.53. The van der Waals surface area contributed by atoms with Crippen molar-refractivity contribution in [3.63, 3.8) is 0 Å². The molecule has 0 amide bonds. The van der Waals surface area contributed by atoms with Gasteiger partial charge in [0.25, 0.3) is 0 Å². The molecular formula is C11H13BrN2. The Morgan fingerprint density at radius 3 is 2.64 bits per heavy atom. The molecule has 2 nitrogen and oxygen atoms in total. The fourth-order valence-corrected chi connectivity index (χ4v) is 1.88.